The van der Waals surface area contributed by atoms with Gasteiger partial charge in [0.1, 0.15) is 0 Å². The van der Waals surface area contributed by atoms with Crippen LogP contribution in [0.2, 0.25) is 0 Å². The molecule has 2 fully saturated rings. The molecule has 0 unspecified atom stereocenters. The molecule has 1 aromatic rings. The van der Waals surface area contributed by atoms with Crippen LogP contribution in [0, 0.1) is 0 Å². The maximum atomic E-state index is 12.0. The molecule has 7 nitrogen and oxygen atoms in total. The molecular weight excluding hydrogens is 352 g/mol. The summed E-state index contributed by atoms with van der Waals surface area (Å²) in [5, 5.41) is 2.81. The summed E-state index contributed by atoms with van der Waals surface area (Å²) < 4.78 is 24.7. The van der Waals surface area contributed by atoms with E-state index in [4.69, 9.17) is 0 Å². The molecule has 3 rings (SSSR count). The third-order valence-corrected chi connectivity index (χ3v) is 6.94. The van der Waals surface area contributed by atoms with Gasteiger partial charge in [0.25, 0.3) is 0 Å². The fraction of sp³-hybridized carbons (Fsp3) is 0.611. The standard InChI is InChI=1S/C18H28N4O3S/c1-20-8-10-21(11-9-20)14-17-5-3-16(4-6-17)13-19-18(23)15-22-7-2-12-26(22,24)25/h3-6H,2,7-15H2,1H3,(H,19,23). The number of carbonyl (C=O) groups is 1. The fourth-order valence-corrected chi connectivity index (χ4v) is 4.79. The Bertz CT molecular complexity index is 712. The summed E-state index contributed by atoms with van der Waals surface area (Å²) in [5.74, 6) is -0.105. The quantitative estimate of drug-likeness (QED) is 0.757. The molecule has 0 atom stereocenters. The Hall–Kier alpha value is -1.48. The number of likely N-dealkylation sites (N-methyl/N-ethyl adjacent to an activating group) is 1. The Morgan fingerprint density at radius 3 is 2.31 bits per heavy atom. The first-order chi connectivity index (χ1) is 12.4. The molecule has 2 heterocycles. The van der Waals surface area contributed by atoms with Crippen LogP contribution in [0.3, 0.4) is 0 Å². The van der Waals surface area contributed by atoms with E-state index in [1.807, 2.05) is 12.1 Å². The van der Waals surface area contributed by atoms with Crippen LogP contribution in [0.5, 0.6) is 0 Å². The van der Waals surface area contributed by atoms with Gasteiger partial charge in [-0.25, -0.2) is 8.42 Å². The van der Waals surface area contributed by atoms with Crippen LogP contribution in [0.4, 0.5) is 0 Å². The van der Waals surface area contributed by atoms with E-state index < -0.39 is 10.0 Å². The molecule has 2 aliphatic rings. The molecule has 26 heavy (non-hydrogen) atoms. The number of amides is 1. The summed E-state index contributed by atoms with van der Waals surface area (Å²) >= 11 is 0. The highest BCUT2D eigenvalue weighted by atomic mass is 32.2. The predicted octanol–water partition coefficient (Wildman–Crippen LogP) is 0.0857. The molecule has 144 valence electrons. The van der Waals surface area contributed by atoms with Crippen molar-refractivity contribution in [2.24, 2.45) is 0 Å². The summed E-state index contributed by atoms with van der Waals surface area (Å²) in [4.78, 5) is 16.8. The lowest BCUT2D eigenvalue weighted by Gasteiger charge is -2.32. The lowest BCUT2D eigenvalue weighted by atomic mass is 10.1. The minimum Gasteiger partial charge on any atom is -0.351 e. The zero-order valence-corrected chi connectivity index (χ0v) is 16.2. The van der Waals surface area contributed by atoms with Crippen molar-refractivity contribution in [2.75, 3.05) is 52.1 Å². The van der Waals surface area contributed by atoms with E-state index in [1.165, 1.54) is 9.87 Å². The number of benzene rings is 1. The molecule has 2 aliphatic heterocycles. The Balaban J connectivity index is 1.43. The number of hydrogen-bond donors (Lipinski definition) is 1. The summed E-state index contributed by atoms with van der Waals surface area (Å²) in [6, 6.07) is 8.26. The van der Waals surface area contributed by atoms with Crippen LogP contribution < -0.4 is 5.32 Å². The number of rotatable bonds is 6. The van der Waals surface area contributed by atoms with Gasteiger partial charge in [-0.2, -0.15) is 4.31 Å². The van der Waals surface area contributed by atoms with Crippen LogP contribution >= 0.6 is 0 Å². The Morgan fingerprint density at radius 1 is 1.04 bits per heavy atom. The third-order valence-electron chi connectivity index (χ3n) is 5.04. The van der Waals surface area contributed by atoms with E-state index >= 15 is 0 Å². The predicted molar refractivity (Wildman–Crippen MR) is 101 cm³/mol. The van der Waals surface area contributed by atoms with Crippen LogP contribution in [0.25, 0.3) is 0 Å². The second-order valence-electron chi connectivity index (χ2n) is 7.18. The smallest absolute Gasteiger partial charge is 0.235 e. The molecule has 1 amide bonds. The van der Waals surface area contributed by atoms with E-state index in [0.29, 0.717) is 19.5 Å². The van der Waals surface area contributed by atoms with Gasteiger partial charge in [0, 0.05) is 45.8 Å². The Morgan fingerprint density at radius 2 is 1.69 bits per heavy atom. The monoisotopic (exact) mass is 380 g/mol. The van der Waals surface area contributed by atoms with Crippen molar-refractivity contribution < 1.29 is 13.2 Å². The Labute approximate surface area is 156 Å². The number of piperazine rings is 1. The van der Waals surface area contributed by atoms with Gasteiger partial charge in [0.2, 0.25) is 15.9 Å². The van der Waals surface area contributed by atoms with Gasteiger partial charge in [0.15, 0.2) is 0 Å². The zero-order valence-electron chi connectivity index (χ0n) is 15.4. The van der Waals surface area contributed by atoms with E-state index in [1.54, 1.807) is 0 Å². The first-order valence-corrected chi connectivity index (χ1v) is 10.8. The van der Waals surface area contributed by atoms with Crippen molar-refractivity contribution in [3.63, 3.8) is 0 Å². The average Bonchev–Trinajstić information content (AvgIpc) is 2.94. The summed E-state index contributed by atoms with van der Waals surface area (Å²) in [6.45, 7) is 6.13. The van der Waals surface area contributed by atoms with E-state index in [2.05, 4.69) is 34.3 Å². The minimum atomic E-state index is -3.22. The Kier molecular flexibility index (Phi) is 6.29. The molecule has 0 bridgehead atoms. The molecule has 0 saturated carbocycles. The maximum absolute atomic E-state index is 12.0. The van der Waals surface area contributed by atoms with Crippen molar-refractivity contribution in [1.29, 1.82) is 0 Å². The molecule has 0 spiro atoms. The van der Waals surface area contributed by atoms with Gasteiger partial charge in [-0.05, 0) is 24.6 Å². The summed E-state index contributed by atoms with van der Waals surface area (Å²) in [7, 11) is -1.07. The molecular formula is C18H28N4O3S. The zero-order chi connectivity index (χ0) is 18.6. The van der Waals surface area contributed by atoms with Crippen molar-refractivity contribution in [1.82, 2.24) is 19.4 Å². The molecule has 1 N–H and O–H groups in total. The summed E-state index contributed by atoms with van der Waals surface area (Å²) in [6.07, 6.45) is 0.602. The molecule has 1 aromatic carbocycles. The molecule has 2 saturated heterocycles. The highest BCUT2D eigenvalue weighted by Gasteiger charge is 2.29. The molecule has 0 aliphatic carbocycles. The van der Waals surface area contributed by atoms with Crippen LogP contribution in [-0.2, 0) is 27.9 Å². The number of carbonyl (C=O) groups excluding carboxylic acids is 1. The van der Waals surface area contributed by atoms with Gasteiger partial charge < -0.3 is 10.2 Å². The highest BCUT2D eigenvalue weighted by Crippen LogP contribution is 2.13. The van der Waals surface area contributed by atoms with E-state index in [-0.39, 0.29) is 18.2 Å². The molecule has 0 radical (unpaired) electrons. The van der Waals surface area contributed by atoms with Crippen LogP contribution in [-0.4, -0.2) is 80.5 Å². The van der Waals surface area contributed by atoms with Crippen molar-refractivity contribution in [3.8, 4) is 0 Å². The summed E-state index contributed by atoms with van der Waals surface area (Å²) in [5.41, 5.74) is 2.29. The SMILES string of the molecule is CN1CCN(Cc2ccc(CNC(=O)CN3CCCS3(=O)=O)cc2)CC1. The van der Waals surface area contributed by atoms with Gasteiger partial charge in [-0.3, -0.25) is 9.69 Å². The van der Waals surface area contributed by atoms with Crippen molar-refractivity contribution in [2.45, 2.75) is 19.5 Å². The number of nitrogens with zero attached hydrogens (tertiary/aromatic N) is 3. The molecule has 0 aromatic heterocycles. The lowest BCUT2D eigenvalue weighted by Crippen LogP contribution is -2.43. The minimum absolute atomic E-state index is 0.0795. The number of sulfonamides is 1. The highest BCUT2D eigenvalue weighted by molar-refractivity contribution is 7.89. The second-order valence-corrected chi connectivity index (χ2v) is 9.26. The normalized spacial score (nSPS) is 21.7. The largest absolute Gasteiger partial charge is 0.351 e. The first-order valence-electron chi connectivity index (χ1n) is 9.16. The van der Waals surface area contributed by atoms with Gasteiger partial charge >= 0.3 is 0 Å². The van der Waals surface area contributed by atoms with E-state index in [9.17, 15) is 13.2 Å². The third kappa shape index (κ3) is 5.26. The first kappa shape index (κ1) is 19.3. The van der Waals surface area contributed by atoms with Gasteiger partial charge in [-0.15, -0.1) is 0 Å². The lowest BCUT2D eigenvalue weighted by molar-refractivity contribution is -0.121. The van der Waals surface area contributed by atoms with Gasteiger partial charge in [0.05, 0.1) is 12.3 Å². The average molecular weight is 381 g/mol. The number of nitrogens with one attached hydrogen (secondary N) is 1. The van der Waals surface area contributed by atoms with Crippen LogP contribution in [0.15, 0.2) is 24.3 Å². The topological polar surface area (TPSA) is 73.0 Å². The maximum Gasteiger partial charge on any atom is 0.235 e. The van der Waals surface area contributed by atoms with Crippen LogP contribution in [0.1, 0.15) is 17.5 Å². The molecule has 8 heteroatoms. The van der Waals surface area contributed by atoms with Crippen molar-refractivity contribution >= 4 is 15.9 Å². The van der Waals surface area contributed by atoms with Gasteiger partial charge in [-0.1, -0.05) is 24.3 Å². The van der Waals surface area contributed by atoms with Crippen molar-refractivity contribution in [3.05, 3.63) is 35.4 Å². The second kappa shape index (κ2) is 8.47. The fourth-order valence-electron chi connectivity index (χ4n) is 3.31. The van der Waals surface area contributed by atoms with E-state index in [0.717, 1.165) is 38.3 Å². The number of hydrogen-bond acceptors (Lipinski definition) is 5.